The molecule has 2 rings (SSSR count). The van der Waals surface area contributed by atoms with Crippen LogP contribution in [0.15, 0.2) is 34.8 Å². The molecule has 1 amide bonds. The van der Waals surface area contributed by atoms with Crippen molar-refractivity contribution in [1.29, 1.82) is 0 Å². The molecule has 0 aromatic carbocycles. The first-order chi connectivity index (χ1) is 9.73. The number of oxime groups is 1. The molecular formula is C11H9F3N4O3. The molecule has 1 aromatic heterocycles. The van der Waals surface area contributed by atoms with E-state index in [-0.39, 0.29) is 10.6 Å². The van der Waals surface area contributed by atoms with Crippen molar-refractivity contribution >= 4 is 17.3 Å². The summed E-state index contributed by atoms with van der Waals surface area (Å²) in [7, 11) is 0. The zero-order chi connectivity index (χ0) is 15.8. The number of aliphatic hydroxyl groups is 1. The van der Waals surface area contributed by atoms with E-state index in [2.05, 4.69) is 15.2 Å². The second-order valence-electron chi connectivity index (χ2n) is 4.16. The number of hydrogen-bond acceptors (Lipinski definition) is 6. The van der Waals surface area contributed by atoms with Gasteiger partial charge in [-0.15, -0.1) is 0 Å². The molecule has 21 heavy (non-hydrogen) atoms. The molecule has 0 bridgehead atoms. The van der Waals surface area contributed by atoms with Gasteiger partial charge in [0.1, 0.15) is 0 Å². The predicted octanol–water partition coefficient (Wildman–Crippen LogP) is 0.994. The Morgan fingerprint density at radius 1 is 1.38 bits per heavy atom. The molecule has 0 saturated carbocycles. The minimum absolute atomic E-state index is 0.160. The van der Waals surface area contributed by atoms with Crippen LogP contribution in [-0.2, 0) is 0 Å². The van der Waals surface area contributed by atoms with Crippen LogP contribution in [0.4, 0.5) is 13.2 Å². The van der Waals surface area contributed by atoms with Gasteiger partial charge in [0.05, 0.1) is 5.71 Å². The molecule has 1 aliphatic heterocycles. The minimum Gasteiger partial charge on any atom is -0.410 e. The fourth-order valence-corrected chi connectivity index (χ4v) is 1.83. The molecule has 7 nitrogen and oxygen atoms in total. The Kier molecular flexibility index (Phi) is 3.41. The van der Waals surface area contributed by atoms with E-state index in [1.54, 1.807) is 0 Å². The normalized spacial score (nSPS) is 24.3. The zero-order valence-electron chi connectivity index (χ0n) is 10.5. The van der Waals surface area contributed by atoms with Crippen molar-refractivity contribution < 1.29 is 28.3 Å². The molecule has 2 N–H and O–H groups in total. The van der Waals surface area contributed by atoms with Crippen LogP contribution < -0.4 is 0 Å². The maximum atomic E-state index is 13.2. The highest BCUT2D eigenvalue weighted by Gasteiger charge is 2.67. The Balaban J connectivity index is 2.54. The van der Waals surface area contributed by atoms with Crippen LogP contribution in [0.25, 0.3) is 0 Å². The number of hydrazone groups is 1. The second kappa shape index (κ2) is 4.81. The lowest BCUT2D eigenvalue weighted by Crippen LogP contribution is -2.61. The van der Waals surface area contributed by atoms with E-state index in [1.807, 2.05) is 0 Å². The van der Waals surface area contributed by atoms with Gasteiger partial charge >= 0.3 is 11.9 Å². The van der Waals surface area contributed by atoms with Crippen LogP contribution >= 0.6 is 0 Å². The lowest BCUT2D eigenvalue weighted by atomic mass is 10.0. The van der Waals surface area contributed by atoms with Gasteiger partial charge in [-0.25, -0.2) is 0 Å². The van der Waals surface area contributed by atoms with Crippen LogP contribution in [0.3, 0.4) is 0 Å². The smallest absolute Gasteiger partial charge is 0.410 e. The maximum Gasteiger partial charge on any atom is 0.445 e. The van der Waals surface area contributed by atoms with Gasteiger partial charge in [0, 0.05) is 18.0 Å². The predicted molar refractivity (Wildman–Crippen MR) is 63.7 cm³/mol. The third-order valence-corrected chi connectivity index (χ3v) is 2.84. The first-order valence-corrected chi connectivity index (χ1v) is 5.55. The summed E-state index contributed by atoms with van der Waals surface area (Å²) in [4.78, 5) is 15.7. The summed E-state index contributed by atoms with van der Waals surface area (Å²) < 4.78 is 39.5. The van der Waals surface area contributed by atoms with Gasteiger partial charge in [-0.2, -0.15) is 23.3 Å². The quantitative estimate of drug-likeness (QED) is 0.597. The number of hydrogen-bond donors (Lipinski definition) is 2. The molecule has 2 heterocycles. The highest BCUT2D eigenvalue weighted by molar-refractivity contribution is 6.46. The number of carbonyl (C=O) groups is 1. The van der Waals surface area contributed by atoms with E-state index in [0.29, 0.717) is 0 Å². The molecule has 0 saturated heterocycles. The Labute approximate surface area is 116 Å². The third kappa shape index (κ3) is 2.13. The number of amides is 1. The van der Waals surface area contributed by atoms with E-state index in [1.165, 1.54) is 12.4 Å². The van der Waals surface area contributed by atoms with Crippen molar-refractivity contribution in [3.05, 3.63) is 30.1 Å². The molecule has 10 heteroatoms. The lowest BCUT2D eigenvalue weighted by molar-refractivity contribution is -0.269. The van der Waals surface area contributed by atoms with Crippen LogP contribution in [0.5, 0.6) is 0 Å². The summed E-state index contributed by atoms with van der Waals surface area (Å²) in [5, 5.41) is 24.2. The van der Waals surface area contributed by atoms with E-state index in [9.17, 15) is 23.1 Å². The summed E-state index contributed by atoms with van der Waals surface area (Å²) in [5.74, 6) is -1.21. The van der Waals surface area contributed by atoms with Crippen molar-refractivity contribution in [2.45, 2.75) is 18.8 Å². The van der Waals surface area contributed by atoms with E-state index in [4.69, 9.17) is 5.21 Å². The first kappa shape index (κ1) is 14.9. The highest BCUT2D eigenvalue weighted by Crippen LogP contribution is 2.39. The van der Waals surface area contributed by atoms with Crippen LogP contribution in [0.1, 0.15) is 17.3 Å². The standard InChI is InChI=1S/C11H9F3N4O3/c1-6-8(17-21)10(20,11(12,13)14)18(16-6)9(19)7-2-4-15-5-3-7/h2-5,20-21H,1H3/b17-8+. The summed E-state index contributed by atoms with van der Waals surface area (Å²) in [6.07, 6.45) is -2.90. The molecular weight excluding hydrogens is 293 g/mol. The zero-order valence-corrected chi connectivity index (χ0v) is 10.5. The first-order valence-electron chi connectivity index (χ1n) is 5.55. The number of nitrogens with zero attached hydrogens (tertiary/aromatic N) is 4. The van der Waals surface area contributed by atoms with E-state index >= 15 is 0 Å². The summed E-state index contributed by atoms with van der Waals surface area (Å²) in [5.41, 5.74) is -5.58. The SMILES string of the molecule is CC1=NN(C(=O)c2ccncc2)C(O)(C(F)(F)F)/C1=N/O. The van der Waals surface area contributed by atoms with Crippen molar-refractivity contribution in [2.24, 2.45) is 10.3 Å². The monoisotopic (exact) mass is 302 g/mol. The molecule has 0 aliphatic carbocycles. The molecule has 1 aliphatic rings. The summed E-state index contributed by atoms with van der Waals surface area (Å²) in [6.45, 7) is 1.07. The minimum atomic E-state index is -5.31. The molecule has 0 spiro atoms. The lowest BCUT2D eigenvalue weighted by Gasteiger charge is -2.32. The van der Waals surface area contributed by atoms with Gasteiger partial charge in [-0.05, 0) is 19.1 Å². The summed E-state index contributed by atoms with van der Waals surface area (Å²) in [6, 6.07) is 2.33. The highest BCUT2D eigenvalue weighted by atomic mass is 19.4. The van der Waals surface area contributed by atoms with Crippen molar-refractivity contribution in [3.63, 3.8) is 0 Å². The number of halogens is 3. The largest absolute Gasteiger partial charge is 0.445 e. The molecule has 1 atom stereocenters. The van der Waals surface area contributed by atoms with Crippen molar-refractivity contribution in [1.82, 2.24) is 9.99 Å². The Morgan fingerprint density at radius 2 is 1.95 bits per heavy atom. The topological polar surface area (TPSA) is 98.4 Å². The average Bonchev–Trinajstić information content (AvgIpc) is 2.70. The third-order valence-electron chi connectivity index (χ3n) is 2.84. The number of aromatic nitrogens is 1. The number of rotatable bonds is 1. The molecule has 0 fully saturated rings. The summed E-state index contributed by atoms with van der Waals surface area (Å²) >= 11 is 0. The van der Waals surface area contributed by atoms with Crippen molar-refractivity contribution in [3.8, 4) is 0 Å². The molecule has 0 radical (unpaired) electrons. The van der Waals surface area contributed by atoms with Gasteiger partial charge in [0.15, 0.2) is 5.71 Å². The van der Waals surface area contributed by atoms with E-state index < -0.39 is 29.2 Å². The van der Waals surface area contributed by atoms with Gasteiger partial charge in [0.2, 0.25) is 0 Å². The van der Waals surface area contributed by atoms with Gasteiger partial charge in [-0.1, -0.05) is 5.16 Å². The Morgan fingerprint density at radius 3 is 2.43 bits per heavy atom. The number of pyridine rings is 1. The molecule has 112 valence electrons. The van der Waals surface area contributed by atoms with Crippen LogP contribution in [0.2, 0.25) is 0 Å². The number of carbonyl (C=O) groups excluding carboxylic acids is 1. The fraction of sp³-hybridized carbons (Fsp3) is 0.273. The average molecular weight is 302 g/mol. The second-order valence-corrected chi connectivity index (χ2v) is 4.16. The fourth-order valence-electron chi connectivity index (χ4n) is 1.83. The molecule has 1 unspecified atom stereocenters. The van der Waals surface area contributed by atoms with Gasteiger partial charge in [-0.3, -0.25) is 9.78 Å². The Hall–Kier alpha value is -2.49. The molecule has 1 aromatic rings. The Bertz CT molecular complexity index is 629. The van der Waals surface area contributed by atoms with Gasteiger partial charge in [0.25, 0.3) is 5.91 Å². The van der Waals surface area contributed by atoms with Crippen LogP contribution in [0, 0.1) is 0 Å². The maximum absolute atomic E-state index is 13.2. The number of alkyl halides is 3. The van der Waals surface area contributed by atoms with Crippen LogP contribution in [-0.4, -0.2) is 49.5 Å². The van der Waals surface area contributed by atoms with Crippen molar-refractivity contribution in [2.75, 3.05) is 0 Å². The van der Waals surface area contributed by atoms with Gasteiger partial charge < -0.3 is 10.3 Å². The van der Waals surface area contributed by atoms with E-state index in [0.717, 1.165) is 19.1 Å².